The van der Waals surface area contributed by atoms with E-state index < -0.39 is 35.6 Å². The lowest BCUT2D eigenvalue weighted by Gasteiger charge is -2.33. The number of phenolic OH excluding ortho intramolecular Hbond substituents is 2. The first kappa shape index (κ1) is 45.5. The monoisotopic (exact) mass is 894 g/mol. The number of benzene rings is 4. The zero-order chi connectivity index (χ0) is 46.6. The Balaban J connectivity index is 1.02. The lowest BCUT2D eigenvalue weighted by Crippen LogP contribution is -2.40. The summed E-state index contributed by atoms with van der Waals surface area (Å²) in [5, 5.41) is 32.9. The van der Waals surface area contributed by atoms with Crippen LogP contribution in [0.4, 0.5) is 47.7 Å². The van der Waals surface area contributed by atoms with E-state index in [1.54, 1.807) is 20.2 Å². The van der Waals surface area contributed by atoms with Gasteiger partial charge < -0.3 is 40.3 Å². The van der Waals surface area contributed by atoms with Gasteiger partial charge in [-0.15, -0.1) is 0 Å². The standard InChI is InChI=1S/C46H49F3N10O6/c1-6-28-20-33(39(62)23-38(28)61)41-54-55-45(64)59(41)32-13-12-30(34(21-32)46(47,48)49)24-50-43(63)29-16-18-58(19-17-29)31-14-15-35(40(22-31)65-7-2)52-44-51-25-37(56(4)26-60)42(53-44)57(5)36-11-9-8-10-27(36)3/h8-15,20-23,25-26,29,61-62H,6-7,16-19,24H2,1-5H3,(H,50,63)(H,55,64)(H,51,52,53). The molecule has 1 aliphatic rings. The minimum Gasteiger partial charge on any atom is -0.508 e. The maximum Gasteiger partial charge on any atom is 0.416 e. The van der Waals surface area contributed by atoms with Crippen molar-refractivity contribution in [1.82, 2.24) is 30.0 Å². The van der Waals surface area contributed by atoms with Crippen LogP contribution in [0.15, 0.2) is 83.8 Å². The Morgan fingerprint density at radius 2 is 1.71 bits per heavy atom. The number of aromatic nitrogens is 5. The van der Waals surface area contributed by atoms with Gasteiger partial charge in [-0.05, 0) is 86.2 Å². The summed E-state index contributed by atoms with van der Waals surface area (Å²) in [6.45, 7) is 6.59. The number of H-pyrrole nitrogens is 1. The SMILES string of the molecule is CCOc1cc(N2CCC(C(=O)NCc3ccc(-n4c(-c5cc(CC)c(O)cc5O)n[nH]c4=O)cc3C(F)(F)F)CC2)ccc1Nc1ncc(N(C)C=O)c(N(C)c2ccccc2C)n1. The van der Waals surface area contributed by atoms with Crippen molar-refractivity contribution in [2.75, 3.05) is 53.8 Å². The van der Waals surface area contributed by atoms with Crippen molar-refractivity contribution in [3.63, 3.8) is 0 Å². The Labute approximate surface area is 372 Å². The van der Waals surface area contributed by atoms with E-state index in [2.05, 4.69) is 30.7 Å². The average Bonchev–Trinajstić information content (AvgIpc) is 3.68. The van der Waals surface area contributed by atoms with Gasteiger partial charge in [-0.25, -0.2) is 19.4 Å². The lowest BCUT2D eigenvalue weighted by molar-refractivity contribution is -0.138. The molecule has 0 bridgehead atoms. The minimum absolute atomic E-state index is 0.0352. The number of rotatable bonds is 15. The van der Waals surface area contributed by atoms with E-state index in [9.17, 15) is 37.8 Å². The van der Waals surface area contributed by atoms with E-state index in [0.717, 1.165) is 33.6 Å². The van der Waals surface area contributed by atoms with Crippen molar-refractivity contribution in [2.45, 2.75) is 52.8 Å². The van der Waals surface area contributed by atoms with Crippen LogP contribution < -0.4 is 35.8 Å². The van der Waals surface area contributed by atoms with E-state index >= 15 is 0 Å². The molecule has 0 unspecified atom stereocenters. The number of alkyl halides is 3. The summed E-state index contributed by atoms with van der Waals surface area (Å²) in [4.78, 5) is 52.8. The molecule has 2 aromatic heterocycles. The molecule has 0 aliphatic carbocycles. The minimum atomic E-state index is -4.84. The first-order valence-corrected chi connectivity index (χ1v) is 21.0. The molecule has 1 fully saturated rings. The Hall–Kier alpha value is -7.57. The molecule has 0 spiro atoms. The van der Waals surface area contributed by atoms with Crippen molar-refractivity contribution in [3.8, 4) is 34.3 Å². The van der Waals surface area contributed by atoms with Gasteiger partial charge in [0.15, 0.2) is 11.6 Å². The average molecular weight is 895 g/mol. The molecule has 65 heavy (non-hydrogen) atoms. The number of aryl methyl sites for hydroxylation is 2. The summed E-state index contributed by atoms with van der Waals surface area (Å²) in [7, 11) is 3.50. The Bertz CT molecular complexity index is 2770. The number of halogens is 3. The molecule has 19 heteroatoms. The number of amides is 2. The molecule has 3 heterocycles. The van der Waals surface area contributed by atoms with E-state index in [0.29, 0.717) is 73.9 Å². The lowest BCUT2D eigenvalue weighted by atomic mass is 9.95. The number of aromatic hydroxyl groups is 2. The topological polar surface area (TPSA) is 194 Å². The second-order valence-corrected chi connectivity index (χ2v) is 15.6. The molecule has 7 rings (SSSR count). The third-order valence-electron chi connectivity index (χ3n) is 11.4. The van der Waals surface area contributed by atoms with Crippen LogP contribution in [0, 0.1) is 12.8 Å². The number of hydrogen-bond acceptors (Lipinski definition) is 12. The van der Waals surface area contributed by atoms with Gasteiger partial charge in [-0.2, -0.15) is 23.3 Å². The summed E-state index contributed by atoms with van der Waals surface area (Å²) >= 11 is 0. The normalized spacial score (nSPS) is 13.1. The van der Waals surface area contributed by atoms with Crippen LogP contribution in [0.1, 0.15) is 48.9 Å². The molecule has 1 saturated heterocycles. The number of para-hydroxylation sites is 1. The third kappa shape index (κ3) is 9.68. The molecule has 1 aliphatic heterocycles. The Morgan fingerprint density at radius 3 is 2.40 bits per heavy atom. The molecule has 0 saturated carbocycles. The van der Waals surface area contributed by atoms with Crippen LogP contribution >= 0.6 is 0 Å². The second kappa shape index (κ2) is 19.0. The van der Waals surface area contributed by atoms with E-state index in [1.165, 1.54) is 23.1 Å². The number of piperidine rings is 1. The molecular weight excluding hydrogens is 846 g/mol. The van der Waals surface area contributed by atoms with Crippen molar-refractivity contribution in [3.05, 3.63) is 112 Å². The number of nitrogens with zero attached hydrogens (tertiary/aromatic N) is 7. The fourth-order valence-electron chi connectivity index (χ4n) is 7.89. The highest BCUT2D eigenvalue weighted by atomic mass is 19.4. The summed E-state index contributed by atoms with van der Waals surface area (Å²) in [6.07, 6.45) is -1.31. The van der Waals surface area contributed by atoms with Gasteiger partial charge >= 0.3 is 11.9 Å². The Kier molecular flexibility index (Phi) is 13.3. The maximum absolute atomic E-state index is 14.5. The van der Waals surface area contributed by atoms with Crippen LogP contribution in [-0.2, 0) is 28.7 Å². The van der Waals surface area contributed by atoms with Crippen LogP contribution in [-0.4, -0.2) is 81.1 Å². The smallest absolute Gasteiger partial charge is 0.416 e. The number of ether oxygens (including phenoxy) is 1. The van der Waals surface area contributed by atoms with Gasteiger partial charge in [0.05, 0.1) is 35.3 Å². The summed E-state index contributed by atoms with van der Waals surface area (Å²) < 4.78 is 50.5. The van der Waals surface area contributed by atoms with E-state index in [-0.39, 0.29) is 40.2 Å². The fourth-order valence-corrected chi connectivity index (χ4v) is 7.89. The zero-order valence-electron chi connectivity index (χ0n) is 36.4. The van der Waals surface area contributed by atoms with E-state index in [1.807, 2.05) is 68.3 Å². The van der Waals surface area contributed by atoms with Crippen LogP contribution in [0.5, 0.6) is 17.2 Å². The van der Waals surface area contributed by atoms with Crippen molar-refractivity contribution in [2.24, 2.45) is 5.92 Å². The Morgan fingerprint density at radius 1 is 0.969 bits per heavy atom. The molecule has 4 aromatic carbocycles. The highest BCUT2D eigenvalue weighted by Crippen LogP contribution is 2.39. The van der Waals surface area contributed by atoms with Gasteiger partial charge in [0.25, 0.3) is 0 Å². The summed E-state index contributed by atoms with van der Waals surface area (Å²) in [5.41, 5.74) is 2.09. The number of hydrogen-bond donors (Lipinski definition) is 5. The van der Waals surface area contributed by atoms with E-state index in [4.69, 9.17) is 9.72 Å². The quantitative estimate of drug-likeness (QED) is 0.0645. The molecule has 6 aromatic rings. The maximum atomic E-state index is 14.5. The van der Waals surface area contributed by atoms with Crippen molar-refractivity contribution < 1.29 is 37.7 Å². The first-order valence-electron chi connectivity index (χ1n) is 21.0. The summed E-state index contributed by atoms with van der Waals surface area (Å²) in [6, 6.07) is 19.3. The molecular formula is C46H49F3N10O6. The second-order valence-electron chi connectivity index (χ2n) is 15.6. The number of phenols is 2. The van der Waals surface area contributed by atoms with Gasteiger partial charge in [0, 0.05) is 63.2 Å². The predicted molar refractivity (Wildman–Crippen MR) is 241 cm³/mol. The van der Waals surface area contributed by atoms with Gasteiger partial charge in [0.2, 0.25) is 18.3 Å². The molecule has 2 amide bonds. The van der Waals surface area contributed by atoms with Crippen molar-refractivity contribution in [1.29, 1.82) is 0 Å². The molecule has 5 N–H and O–H groups in total. The number of nitrogens with one attached hydrogen (secondary N) is 3. The highest BCUT2D eigenvalue weighted by Gasteiger charge is 2.35. The number of anilines is 6. The van der Waals surface area contributed by atoms with Crippen LogP contribution in [0.25, 0.3) is 17.1 Å². The molecule has 0 radical (unpaired) electrons. The summed E-state index contributed by atoms with van der Waals surface area (Å²) in [5.74, 6) is -0.245. The highest BCUT2D eigenvalue weighted by molar-refractivity contribution is 5.85. The number of carbonyl (C=O) groups is 2. The van der Waals surface area contributed by atoms with Gasteiger partial charge in [-0.1, -0.05) is 31.2 Å². The largest absolute Gasteiger partial charge is 0.508 e. The van der Waals surface area contributed by atoms with Gasteiger partial charge in [-0.3, -0.25) is 9.59 Å². The first-order chi connectivity index (χ1) is 31.1. The van der Waals surface area contributed by atoms with Crippen molar-refractivity contribution >= 4 is 46.8 Å². The van der Waals surface area contributed by atoms with Gasteiger partial charge in [0.1, 0.15) is 22.9 Å². The molecule has 16 nitrogen and oxygen atoms in total. The molecule has 340 valence electrons. The predicted octanol–water partition coefficient (Wildman–Crippen LogP) is 7.35. The fraction of sp³-hybridized carbons (Fsp3) is 0.304. The van der Waals surface area contributed by atoms with Crippen LogP contribution in [0.3, 0.4) is 0 Å². The number of aromatic amines is 1. The molecule has 0 atom stereocenters. The van der Waals surface area contributed by atoms with Crippen LogP contribution in [0.2, 0.25) is 0 Å². The third-order valence-corrected chi connectivity index (χ3v) is 11.4. The number of carbonyl (C=O) groups excluding carboxylic acids is 2. The zero-order valence-corrected chi connectivity index (χ0v) is 36.4.